The number of carbonyl (C=O) groups is 1. The average molecular weight is 287 g/mol. The number of nitrogens with zero attached hydrogens (tertiary/aromatic N) is 2. The van der Waals surface area contributed by atoms with Gasteiger partial charge in [0.2, 0.25) is 5.95 Å². The molecule has 112 valence electrons. The molecular weight excluding hydrogens is 266 g/mol. The van der Waals surface area contributed by atoms with E-state index in [1.807, 2.05) is 31.2 Å². The Kier molecular flexibility index (Phi) is 4.92. The second kappa shape index (κ2) is 6.88. The van der Waals surface area contributed by atoms with Gasteiger partial charge in [-0.3, -0.25) is 4.79 Å². The minimum Gasteiger partial charge on any atom is -0.347 e. The molecule has 1 aromatic carbocycles. The molecule has 0 atom stereocenters. The number of hydrogen-bond donors (Lipinski definition) is 3. The van der Waals surface area contributed by atoms with Gasteiger partial charge in [-0.2, -0.15) is 5.10 Å². The Morgan fingerprint density at radius 3 is 2.86 bits per heavy atom. The third-order valence-electron chi connectivity index (χ3n) is 2.88. The summed E-state index contributed by atoms with van der Waals surface area (Å²) in [5.74, 6) is 0.909. The number of H-pyrrole nitrogens is 1. The van der Waals surface area contributed by atoms with Crippen LogP contribution >= 0.6 is 0 Å². The largest absolute Gasteiger partial charge is 0.347 e. The van der Waals surface area contributed by atoms with Crippen LogP contribution in [0.2, 0.25) is 0 Å². The van der Waals surface area contributed by atoms with Crippen molar-refractivity contribution in [1.29, 1.82) is 0 Å². The van der Waals surface area contributed by atoms with Crippen molar-refractivity contribution in [3.8, 4) is 0 Å². The molecule has 0 aliphatic heterocycles. The molecule has 3 N–H and O–H groups in total. The van der Waals surface area contributed by atoms with Gasteiger partial charge in [0.15, 0.2) is 0 Å². The average Bonchev–Trinajstić information content (AvgIpc) is 2.85. The summed E-state index contributed by atoms with van der Waals surface area (Å²) in [6.45, 7) is 6.26. The lowest BCUT2D eigenvalue weighted by molar-refractivity contribution is -0.119. The molecule has 6 nitrogen and oxygen atoms in total. The SMILES string of the molecule is CC(CC(C)C)=NNC(=O)CNc1nc2ccccc2[nH]1. The molecule has 2 aromatic rings. The van der Waals surface area contributed by atoms with Gasteiger partial charge in [0.05, 0.1) is 17.6 Å². The first kappa shape index (κ1) is 15.0. The van der Waals surface area contributed by atoms with Gasteiger partial charge in [-0.25, -0.2) is 10.4 Å². The normalized spacial score (nSPS) is 11.9. The molecular formula is C15H21N5O. The summed E-state index contributed by atoms with van der Waals surface area (Å²) in [4.78, 5) is 19.1. The van der Waals surface area contributed by atoms with E-state index in [4.69, 9.17) is 0 Å². The van der Waals surface area contributed by atoms with Crippen molar-refractivity contribution < 1.29 is 4.79 Å². The monoisotopic (exact) mass is 287 g/mol. The molecule has 2 rings (SSSR count). The number of aromatic amines is 1. The zero-order valence-corrected chi connectivity index (χ0v) is 12.6. The maximum atomic E-state index is 11.7. The van der Waals surface area contributed by atoms with Gasteiger partial charge in [0, 0.05) is 5.71 Å². The molecule has 0 fully saturated rings. The summed E-state index contributed by atoms with van der Waals surface area (Å²) in [5.41, 5.74) is 5.26. The van der Waals surface area contributed by atoms with E-state index in [0.29, 0.717) is 11.9 Å². The highest BCUT2D eigenvalue weighted by Crippen LogP contribution is 2.12. The smallest absolute Gasteiger partial charge is 0.259 e. The molecule has 0 radical (unpaired) electrons. The van der Waals surface area contributed by atoms with Crippen LogP contribution in [-0.2, 0) is 4.79 Å². The van der Waals surface area contributed by atoms with Gasteiger partial charge in [-0.05, 0) is 31.4 Å². The lowest BCUT2D eigenvalue weighted by Gasteiger charge is -2.05. The van der Waals surface area contributed by atoms with Crippen LogP contribution < -0.4 is 10.7 Å². The van der Waals surface area contributed by atoms with Gasteiger partial charge < -0.3 is 10.3 Å². The van der Waals surface area contributed by atoms with E-state index in [9.17, 15) is 4.79 Å². The molecule has 6 heteroatoms. The Bertz CT molecular complexity index is 611. The fraction of sp³-hybridized carbons (Fsp3) is 0.400. The van der Waals surface area contributed by atoms with Crippen LogP contribution in [-0.4, -0.2) is 28.1 Å². The molecule has 0 bridgehead atoms. The first-order valence-electron chi connectivity index (χ1n) is 7.05. The van der Waals surface area contributed by atoms with Gasteiger partial charge in [-0.1, -0.05) is 26.0 Å². The van der Waals surface area contributed by atoms with E-state index in [0.717, 1.165) is 23.2 Å². The number of para-hydroxylation sites is 2. The maximum Gasteiger partial charge on any atom is 0.259 e. The quantitative estimate of drug-likeness (QED) is 0.564. The lowest BCUT2D eigenvalue weighted by Crippen LogP contribution is -2.27. The van der Waals surface area contributed by atoms with Gasteiger partial charge in [0.1, 0.15) is 0 Å². The number of amides is 1. The Labute approximate surface area is 124 Å². The number of anilines is 1. The highest BCUT2D eigenvalue weighted by atomic mass is 16.2. The number of fused-ring (bicyclic) bond motifs is 1. The van der Waals surface area contributed by atoms with Crippen molar-refractivity contribution >= 4 is 28.6 Å². The van der Waals surface area contributed by atoms with Crippen molar-refractivity contribution in [1.82, 2.24) is 15.4 Å². The second-order valence-corrected chi connectivity index (χ2v) is 5.44. The number of nitrogens with one attached hydrogen (secondary N) is 3. The Morgan fingerprint density at radius 2 is 2.14 bits per heavy atom. The minimum absolute atomic E-state index is 0.123. The van der Waals surface area contributed by atoms with E-state index in [1.54, 1.807) is 0 Å². The summed E-state index contributed by atoms with van der Waals surface area (Å²) >= 11 is 0. The number of carbonyl (C=O) groups excluding carboxylic acids is 1. The lowest BCUT2D eigenvalue weighted by atomic mass is 10.1. The van der Waals surface area contributed by atoms with E-state index in [2.05, 4.69) is 39.7 Å². The van der Waals surface area contributed by atoms with Gasteiger partial charge in [-0.15, -0.1) is 0 Å². The Balaban J connectivity index is 1.83. The minimum atomic E-state index is -0.196. The van der Waals surface area contributed by atoms with E-state index in [-0.39, 0.29) is 12.5 Å². The Morgan fingerprint density at radius 1 is 1.38 bits per heavy atom. The van der Waals surface area contributed by atoms with Crippen molar-refractivity contribution in [3.63, 3.8) is 0 Å². The van der Waals surface area contributed by atoms with Crippen molar-refractivity contribution in [2.24, 2.45) is 11.0 Å². The maximum absolute atomic E-state index is 11.7. The van der Waals surface area contributed by atoms with E-state index >= 15 is 0 Å². The number of rotatable bonds is 6. The molecule has 21 heavy (non-hydrogen) atoms. The van der Waals surface area contributed by atoms with Crippen molar-refractivity contribution in [2.45, 2.75) is 27.2 Å². The van der Waals surface area contributed by atoms with Gasteiger partial charge >= 0.3 is 0 Å². The molecule has 0 aliphatic rings. The fourth-order valence-corrected chi connectivity index (χ4v) is 2.03. The molecule has 1 aromatic heterocycles. The molecule has 0 spiro atoms. The summed E-state index contributed by atoms with van der Waals surface area (Å²) in [6.07, 6.45) is 0.872. The molecule has 1 heterocycles. The Hall–Kier alpha value is -2.37. The molecule has 0 aliphatic carbocycles. The zero-order chi connectivity index (χ0) is 15.2. The van der Waals surface area contributed by atoms with Crippen LogP contribution in [0.3, 0.4) is 0 Å². The summed E-state index contributed by atoms with van der Waals surface area (Å²) in [7, 11) is 0. The first-order chi connectivity index (χ1) is 10.0. The summed E-state index contributed by atoms with van der Waals surface area (Å²) in [6, 6.07) is 7.71. The number of aromatic nitrogens is 2. The molecule has 0 unspecified atom stereocenters. The predicted octanol–water partition coefficient (Wildman–Crippen LogP) is 2.51. The third-order valence-corrected chi connectivity index (χ3v) is 2.88. The van der Waals surface area contributed by atoms with Gasteiger partial charge in [0.25, 0.3) is 5.91 Å². The second-order valence-electron chi connectivity index (χ2n) is 5.44. The van der Waals surface area contributed by atoms with Crippen molar-refractivity contribution in [3.05, 3.63) is 24.3 Å². The zero-order valence-electron chi connectivity index (χ0n) is 12.6. The standard InChI is InChI=1S/C15H21N5O/c1-10(2)8-11(3)19-20-14(21)9-16-15-17-12-6-4-5-7-13(12)18-15/h4-7,10H,8-9H2,1-3H3,(H,20,21)(H2,16,17,18). The van der Waals surface area contributed by atoms with E-state index in [1.165, 1.54) is 0 Å². The number of benzene rings is 1. The summed E-state index contributed by atoms with van der Waals surface area (Å²) in [5, 5.41) is 7.02. The number of imidazole rings is 1. The van der Waals surface area contributed by atoms with E-state index < -0.39 is 0 Å². The topological polar surface area (TPSA) is 82.2 Å². The molecule has 0 saturated carbocycles. The van der Waals surface area contributed by atoms with Crippen LogP contribution in [0.4, 0.5) is 5.95 Å². The van der Waals surface area contributed by atoms with Crippen LogP contribution in [0.5, 0.6) is 0 Å². The summed E-state index contributed by atoms with van der Waals surface area (Å²) < 4.78 is 0. The first-order valence-corrected chi connectivity index (χ1v) is 7.05. The highest BCUT2D eigenvalue weighted by molar-refractivity contribution is 5.86. The highest BCUT2D eigenvalue weighted by Gasteiger charge is 2.04. The number of hydrazone groups is 1. The van der Waals surface area contributed by atoms with Crippen LogP contribution in [0.1, 0.15) is 27.2 Å². The molecule has 0 saturated heterocycles. The van der Waals surface area contributed by atoms with Crippen LogP contribution in [0.25, 0.3) is 11.0 Å². The van der Waals surface area contributed by atoms with Crippen molar-refractivity contribution in [2.75, 3.05) is 11.9 Å². The van der Waals surface area contributed by atoms with Crippen LogP contribution in [0.15, 0.2) is 29.4 Å². The number of hydrogen-bond acceptors (Lipinski definition) is 4. The van der Waals surface area contributed by atoms with Crippen LogP contribution in [0, 0.1) is 5.92 Å². The third kappa shape index (κ3) is 4.59. The fourth-order valence-electron chi connectivity index (χ4n) is 2.03. The molecule has 1 amide bonds. The predicted molar refractivity (Wildman–Crippen MR) is 85.3 cm³/mol.